The summed E-state index contributed by atoms with van der Waals surface area (Å²) in [5.41, 5.74) is 7.45. The van der Waals surface area contributed by atoms with Gasteiger partial charge in [-0.05, 0) is 37.3 Å². The van der Waals surface area contributed by atoms with Gasteiger partial charge in [-0.2, -0.15) is 0 Å². The maximum absolute atomic E-state index is 11.9. The third kappa shape index (κ3) is 2.14. The Morgan fingerprint density at radius 2 is 2.25 bits per heavy atom. The minimum Gasteiger partial charge on any atom is -0.319 e. The van der Waals surface area contributed by atoms with Gasteiger partial charge in [0.05, 0.1) is 12.0 Å². The Balaban J connectivity index is 2.00. The van der Waals surface area contributed by atoms with Gasteiger partial charge in [0, 0.05) is 11.9 Å². The predicted molar refractivity (Wildman–Crippen MR) is 63.1 cm³/mol. The number of aryl methyl sites for hydroxylation is 1. The van der Waals surface area contributed by atoms with Crippen molar-refractivity contribution >= 4 is 5.78 Å². The van der Waals surface area contributed by atoms with Crippen LogP contribution in [0.2, 0.25) is 0 Å². The number of nitrogens with two attached hydrogens (primary N) is 1. The van der Waals surface area contributed by atoms with Crippen LogP contribution in [0.15, 0.2) is 18.3 Å². The molecule has 2 rings (SSSR count). The minimum atomic E-state index is -0.550. The van der Waals surface area contributed by atoms with Crippen molar-refractivity contribution in [3.05, 3.63) is 29.6 Å². The molecule has 16 heavy (non-hydrogen) atoms. The molecule has 3 nitrogen and oxygen atoms in total. The molecule has 0 bridgehead atoms. The summed E-state index contributed by atoms with van der Waals surface area (Å²) in [6.45, 7) is 2.09. The number of pyridine rings is 1. The highest BCUT2D eigenvalue weighted by atomic mass is 16.1. The summed E-state index contributed by atoms with van der Waals surface area (Å²) in [7, 11) is 0. The number of ketones is 1. The molecule has 2 N–H and O–H groups in total. The van der Waals surface area contributed by atoms with E-state index >= 15 is 0 Å². The van der Waals surface area contributed by atoms with E-state index in [1.165, 1.54) is 5.56 Å². The van der Waals surface area contributed by atoms with Crippen LogP contribution in [0.3, 0.4) is 0 Å². The van der Waals surface area contributed by atoms with Crippen LogP contribution >= 0.6 is 0 Å². The fourth-order valence-corrected chi connectivity index (χ4v) is 1.95. The molecule has 0 aliphatic heterocycles. The van der Waals surface area contributed by atoms with Crippen LogP contribution in [0.4, 0.5) is 0 Å². The van der Waals surface area contributed by atoms with E-state index < -0.39 is 5.54 Å². The second kappa shape index (κ2) is 4.34. The fourth-order valence-electron chi connectivity index (χ4n) is 1.95. The zero-order valence-electron chi connectivity index (χ0n) is 9.70. The number of carbonyl (C=O) groups is 1. The van der Waals surface area contributed by atoms with E-state index in [1.54, 1.807) is 0 Å². The molecular formula is C13H18N2O. The van der Waals surface area contributed by atoms with E-state index in [0.29, 0.717) is 6.42 Å². The number of aromatic nitrogens is 1. The minimum absolute atomic E-state index is 0.135. The second-order valence-electron chi connectivity index (χ2n) is 4.62. The molecule has 0 aromatic carbocycles. The quantitative estimate of drug-likeness (QED) is 0.835. The third-order valence-corrected chi connectivity index (χ3v) is 3.44. The molecular weight excluding hydrogens is 200 g/mol. The summed E-state index contributed by atoms with van der Waals surface area (Å²) in [6, 6.07) is 3.96. The molecule has 0 spiro atoms. The lowest BCUT2D eigenvalue weighted by molar-refractivity contribution is -0.126. The van der Waals surface area contributed by atoms with Crippen molar-refractivity contribution in [2.75, 3.05) is 0 Å². The van der Waals surface area contributed by atoms with E-state index in [1.807, 2.05) is 18.3 Å². The fraction of sp³-hybridized carbons (Fsp3) is 0.538. The van der Waals surface area contributed by atoms with Gasteiger partial charge in [-0.3, -0.25) is 9.78 Å². The first-order chi connectivity index (χ1) is 7.64. The average molecular weight is 218 g/mol. The van der Waals surface area contributed by atoms with Crippen LogP contribution in [-0.2, 0) is 17.6 Å². The monoisotopic (exact) mass is 218 g/mol. The molecule has 0 saturated heterocycles. The van der Waals surface area contributed by atoms with Crippen LogP contribution in [0.25, 0.3) is 0 Å². The lowest BCUT2D eigenvalue weighted by atomic mass is 9.73. The van der Waals surface area contributed by atoms with Gasteiger partial charge in [0.15, 0.2) is 5.78 Å². The topological polar surface area (TPSA) is 56.0 Å². The largest absolute Gasteiger partial charge is 0.319 e. The highest BCUT2D eigenvalue weighted by Crippen LogP contribution is 2.30. The van der Waals surface area contributed by atoms with Crippen LogP contribution in [0.1, 0.15) is 37.4 Å². The van der Waals surface area contributed by atoms with E-state index in [2.05, 4.69) is 11.9 Å². The van der Waals surface area contributed by atoms with Crippen LogP contribution in [-0.4, -0.2) is 16.3 Å². The average Bonchev–Trinajstić information content (AvgIpc) is 2.27. The number of carbonyl (C=O) groups excluding carboxylic acids is 1. The van der Waals surface area contributed by atoms with Gasteiger partial charge < -0.3 is 5.73 Å². The lowest BCUT2D eigenvalue weighted by Crippen LogP contribution is -2.54. The Bertz CT molecular complexity index is 379. The molecule has 3 heteroatoms. The first kappa shape index (κ1) is 11.3. The summed E-state index contributed by atoms with van der Waals surface area (Å²) < 4.78 is 0. The molecule has 1 heterocycles. The summed E-state index contributed by atoms with van der Waals surface area (Å²) in [5, 5.41) is 0. The Hall–Kier alpha value is -1.22. The maximum Gasteiger partial charge on any atom is 0.158 e. The molecule has 1 aliphatic rings. The maximum atomic E-state index is 11.9. The van der Waals surface area contributed by atoms with Gasteiger partial charge in [0.2, 0.25) is 0 Å². The summed E-state index contributed by atoms with van der Waals surface area (Å²) in [5.74, 6) is 0.135. The summed E-state index contributed by atoms with van der Waals surface area (Å²) >= 11 is 0. The molecule has 1 aromatic heterocycles. The first-order valence-electron chi connectivity index (χ1n) is 5.90. The van der Waals surface area contributed by atoms with Crippen molar-refractivity contribution in [1.82, 2.24) is 4.98 Å². The van der Waals surface area contributed by atoms with Crippen molar-refractivity contribution in [1.29, 1.82) is 0 Å². The number of hydrogen-bond donors (Lipinski definition) is 1. The zero-order valence-corrected chi connectivity index (χ0v) is 9.70. The van der Waals surface area contributed by atoms with Gasteiger partial charge >= 0.3 is 0 Å². The van der Waals surface area contributed by atoms with Crippen LogP contribution in [0, 0.1) is 0 Å². The van der Waals surface area contributed by atoms with E-state index in [9.17, 15) is 4.79 Å². The molecule has 0 atom stereocenters. The lowest BCUT2D eigenvalue weighted by Gasteiger charge is -2.36. The van der Waals surface area contributed by atoms with Gasteiger partial charge in [0.1, 0.15) is 0 Å². The van der Waals surface area contributed by atoms with Crippen molar-refractivity contribution < 1.29 is 4.79 Å². The molecule has 0 unspecified atom stereocenters. The van der Waals surface area contributed by atoms with E-state index in [4.69, 9.17) is 5.73 Å². The van der Waals surface area contributed by atoms with Gasteiger partial charge in [-0.25, -0.2) is 0 Å². The molecule has 1 aliphatic carbocycles. The Morgan fingerprint density at radius 1 is 1.50 bits per heavy atom. The Kier molecular flexibility index (Phi) is 3.06. The standard InChI is InChI=1S/C13H18N2O/c1-2-10-4-5-11(15-9-10)8-12(16)13(14)6-3-7-13/h4-5,9H,2-3,6-8,14H2,1H3. The van der Waals surface area contributed by atoms with Crippen LogP contribution in [0.5, 0.6) is 0 Å². The SMILES string of the molecule is CCc1ccc(CC(=O)C2(N)CCC2)nc1. The van der Waals surface area contributed by atoms with Gasteiger partial charge in [-0.1, -0.05) is 13.0 Å². The highest BCUT2D eigenvalue weighted by molar-refractivity contribution is 5.90. The molecule has 86 valence electrons. The first-order valence-corrected chi connectivity index (χ1v) is 5.90. The Labute approximate surface area is 96.1 Å². The molecule has 1 saturated carbocycles. The normalized spacial score (nSPS) is 17.9. The van der Waals surface area contributed by atoms with E-state index in [-0.39, 0.29) is 5.78 Å². The van der Waals surface area contributed by atoms with Crippen molar-refractivity contribution in [3.8, 4) is 0 Å². The summed E-state index contributed by atoms with van der Waals surface area (Å²) in [6.07, 6.45) is 5.93. The van der Waals surface area contributed by atoms with Crippen molar-refractivity contribution in [3.63, 3.8) is 0 Å². The van der Waals surface area contributed by atoms with E-state index in [0.717, 1.165) is 31.4 Å². The molecule has 0 amide bonds. The number of Topliss-reactive ketones (excluding diaryl/α,β-unsaturated/α-hetero) is 1. The van der Waals surface area contributed by atoms with Gasteiger partial charge in [-0.15, -0.1) is 0 Å². The highest BCUT2D eigenvalue weighted by Gasteiger charge is 2.39. The smallest absolute Gasteiger partial charge is 0.158 e. The predicted octanol–water partition coefficient (Wildman–Crippen LogP) is 1.64. The number of rotatable bonds is 4. The van der Waals surface area contributed by atoms with Crippen LogP contribution < -0.4 is 5.73 Å². The zero-order chi connectivity index (χ0) is 11.6. The van der Waals surface area contributed by atoms with Gasteiger partial charge in [0.25, 0.3) is 0 Å². The van der Waals surface area contributed by atoms with Crippen molar-refractivity contribution in [2.24, 2.45) is 5.73 Å². The van der Waals surface area contributed by atoms with Crippen molar-refractivity contribution in [2.45, 2.75) is 44.6 Å². The molecule has 1 fully saturated rings. The molecule has 1 aromatic rings. The molecule has 0 radical (unpaired) electrons. The number of hydrogen-bond acceptors (Lipinski definition) is 3. The number of nitrogens with zero attached hydrogens (tertiary/aromatic N) is 1. The third-order valence-electron chi connectivity index (χ3n) is 3.44. The second-order valence-corrected chi connectivity index (χ2v) is 4.62. The summed E-state index contributed by atoms with van der Waals surface area (Å²) in [4.78, 5) is 16.2. The Morgan fingerprint density at radius 3 is 2.69 bits per heavy atom.